The van der Waals surface area contributed by atoms with Crippen LogP contribution in [0.5, 0.6) is 0 Å². The van der Waals surface area contributed by atoms with Gasteiger partial charge in [0.05, 0.1) is 25.9 Å². The first-order valence-corrected chi connectivity index (χ1v) is 7.56. The number of carbonyl (C=O) groups excluding carboxylic acids is 1. The molecule has 0 spiro atoms. The molecule has 21 heavy (non-hydrogen) atoms. The van der Waals surface area contributed by atoms with E-state index in [9.17, 15) is 14.7 Å². The maximum atomic E-state index is 12.3. The third kappa shape index (κ3) is 4.07. The Kier molecular flexibility index (Phi) is 5.81. The predicted octanol–water partition coefficient (Wildman–Crippen LogP) is 0.544. The Morgan fingerprint density at radius 3 is 2.71 bits per heavy atom. The molecule has 0 saturated carbocycles. The number of hydrogen-bond acceptors (Lipinski definition) is 4. The molecule has 2 fully saturated rings. The van der Waals surface area contributed by atoms with Crippen LogP contribution in [0.1, 0.15) is 19.8 Å². The molecule has 2 N–H and O–H groups in total. The van der Waals surface area contributed by atoms with Crippen molar-refractivity contribution in [3.8, 4) is 0 Å². The van der Waals surface area contributed by atoms with E-state index >= 15 is 0 Å². The summed E-state index contributed by atoms with van der Waals surface area (Å²) in [5.41, 5.74) is 0. The van der Waals surface area contributed by atoms with Gasteiger partial charge in [-0.1, -0.05) is 0 Å². The van der Waals surface area contributed by atoms with Crippen LogP contribution in [0.2, 0.25) is 0 Å². The molecule has 2 aliphatic heterocycles. The average molecular weight is 300 g/mol. The highest BCUT2D eigenvalue weighted by Gasteiger charge is 2.39. The first-order chi connectivity index (χ1) is 10.1. The summed E-state index contributed by atoms with van der Waals surface area (Å²) in [5.74, 6) is -1.21. The minimum absolute atomic E-state index is 0.167. The highest BCUT2D eigenvalue weighted by Crippen LogP contribution is 2.20. The van der Waals surface area contributed by atoms with Crippen LogP contribution in [0.15, 0.2) is 0 Å². The topological polar surface area (TPSA) is 88.1 Å². The fourth-order valence-electron chi connectivity index (χ4n) is 2.92. The largest absolute Gasteiger partial charge is 0.481 e. The molecule has 0 radical (unpaired) electrons. The molecule has 7 heteroatoms. The molecule has 7 nitrogen and oxygen atoms in total. The molecule has 0 aliphatic carbocycles. The molecule has 120 valence electrons. The van der Waals surface area contributed by atoms with Gasteiger partial charge in [0.2, 0.25) is 0 Å². The second-order valence-corrected chi connectivity index (χ2v) is 5.60. The minimum Gasteiger partial charge on any atom is -0.481 e. The van der Waals surface area contributed by atoms with Crippen LogP contribution in [-0.4, -0.2) is 67.6 Å². The summed E-state index contributed by atoms with van der Waals surface area (Å²) in [5, 5.41) is 12.1. The second-order valence-electron chi connectivity index (χ2n) is 5.60. The molecule has 3 unspecified atom stereocenters. The lowest BCUT2D eigenvalue weighted by Gasteiger charge is -2.30. The highest BCUT2D eigenvalue weighted by atomic mass is 16.5. The van der Waals surface area contributed by atoms with Crippen molar-refractivity contribution in [1.29, 1.82) is 0 Å². The standard InChI is InChI=1S/C14H24N2O5/c1-2-16(12-9-21-8-11(12)13(17)18)14(19)15-6-10-4-3-5-20-7-10/h10-12H,2-9H2,1H3,(H,15,19)(H,17,18). The van der Waals surface area contributed by atoms with Gasteiger partial charge in [-0.05, 0) is 25.7 Å². The van der Waals surface area contributed by atoms with Gasteiger partial charge in [0.1, 0.15) is 5.92 Å². The van der Waals surface area contributed by atoms with Crippen molar-refractivity contribution in [3.05, 3.63) is 0 Å². The second kappa shape index (κ2) is 7.61. The van der Waals surface area contributed by atoms with Gasteiger partial charge in [-0.3, -0.25) is 4.79 Å². The van der Waals surface area contributed by atoms with Crippen LogP contribution < -0.4 is 5.32 Å². The number of rotatable bonds is 5. The lowest BCUT2D eigenvalue weighted by Crippen LogP contribution is -2.51. The van der Waals surface area contributed by atoms with Crippen LogP contribution in [-0.2, 0) is 14.3 Å². The number of carbonyl (C=O) groups is 2. The SMILES string of the molecule is CCN(C(=O)NCC1CCCOC1)C1COCC1C(=O)O. The number of carboxylic acids is 1. The monoisotopic (exact) mass is 300 g/mol. The molecular weight excluding hydrogens is 276 g/mol. The normalized spacial score (nSPS) is 29.1. The molecular formula is C14H24N2O5. The summed E-state index contributed by atoms with van der Waals surface area (Å²) in [6.07, 6.45) is 2.08. The summed E-state index contributed by atoms with van der Waals surface area (Å²) in [4.78, 5) is 25.1. The Hall–Kier alpha value is -1.34. The Morgan fingerprint density at radius 2 is 2.10 bits per heavy atom. The first-order valence-electron chi connectivity index (χ1n) is 7.56. The molecule has 0 aromatic carbocycles. The van der Waals surface area contributed by atoms with E-state index in [1.807, 2.05) is 6.92 Å². The third-order valence-corrected chi connectivity index (χ3v) is 4.17. The van der Waals surface area contributed by atoms with E-state index in [4.69, 9.17) is 9.47 Å². The van der Waals surface area contributed by atoms with Gasteiger partial charge in [-0.2, -0.15) is 0 Å². The Morgan fingerprint density at radius 1 is 1.29 bits per heavy atom. The molecule has 0 bridgehead atoms. The zero-order chi connectivity index (χ0) is 15.2. The molecule has 2 saturated heterocycles. The molecule has 2 rings (SSSR count). The van der Waals surface area contributed by atoms with Crippen LogP contribution >= 0.6 is 0 Å². The minimum atomic E-state index is -0.913. The Balaban J connectivity index is 1.87. The van der Waals surface area contributed by atoms with E-state index in [0.717, 1.165) is 19.4 Å². The predicted molar refractivity (Wildman–Crippen MR) is 75.1 cm³/mol. The number of carboxylic acid groups (broad SMARTS) is 1. The third-order valence-electron chi connectivity index (χ3n) is 4.17. The maximum absolute atomic E-state index is 12.3. The van der Waals surface area contributed by atoms with Gasteiger partial charge in [0.25, 0.3) is 0 Å². The van der Waals surface area contributed by atoms with Gasteiger partial charge < -0.3 is 24.8 Å². The number of likely N-dealkylation sites (N-methyl/N-ethyl adjacent to an activating group) is 1. The highest BCUT2D eigenvalue weighted by molar-refractivity contribution is 5.77. The fourth-order valence-corrected chi connectivity index (χ4v) is 2.92. The summed E-state index contributed by atoms with van der Waals surface area (Å²) in [6.45, 7) is 4.80. The van der Waals surface area contributed by atoms with E-state index in [0.29, 0.717) is 25.6 Å². The zero-order valence-electron chi connectivity index (χ0n) is 12.4. The van der Waals surface area contributed by atoms with Crippen molar-refractivity contribution in [1.82, 2.24) is 10.2 Å². The van der Waals surface area contributed by atoms with Gasteiger partial charge >= 0.3 is 12.0 Å². The summed E-state index contributed by atoms with van der Waals surface area (Å²) >= 11 is 0. The van der Waals surface area contributed by atoms with Crippen LogP contribution in [0.25, 0.3) is 0 Å². The molecule has 0 aromatic rings. The lowest BCUT2D eigenvalue weighted by molar-refractivity contribution is -0.142. The smallest absolute Gasteiger partial charge is 0.317 e. The van der Waals surface area contributed by atoms with Gasteiger partial charge in [0.15, 0.2) is 0 Å². The number of nitrogens with zero attached hydrogens (tertiary/aromatic N) is 1. The number of aliphatic carboxylic acids is 1. The molecule has 2 heterocycles. The van der Waals surface area contributed by atoms with Gasteiger partial charge in [0, 0.05) is 19.7 Å². The summed E-state index contributed by atoms with van der Waals surface area (Å²) in [6, 6.07) is -0.611. The summed E-state index contributed by atoms with van der Waals surface area (Å²) in [7, 11) is 0. The Bertz CT molecular complexity index is 370. The molecule has 2 amide bonds. The van der Waals surface area contributed by atoms with Crippen molar-refractivity contribution >= 4 is 12.0 Å². The first kappa shape index (κ1) is 16.0. The average Bonchev–Trinajstić information content (AvgIpc) is 2.96. The number of ether oxygens (including phenoxy) is 2. The fraction of sp³-hybridized carbons (Fsp3) is 0.857. The molecule has 0 aromatic heterocycles. The lowest BCUT2D eigenvalue weighted by atomic mass is 10.0. The van der Waals surface area contributed by atoms with Crippen LogP contribution in [0.3, 0.4) is 0 Å². The van der Waals surface area contributed by atoms with Crippen molar-refractivity contribution in [2.75, 3.05) is 39.5 Å². The van der Waals surface area contributed by atoms with Crippen LogP contribution in [0, 0.1) is 11.8 Å². The summed E-state index contributed by atoms with van der Waals surface area (Å²) < 4.78 is 10.6. The van der Waals surface area contributed by atoms with E-state index < -0.39 is 17.9 Å². The van der Waals surface area contributed by atoms with E-state index in [1.165, 1.54) is 0 Å². The quantitative estimate of drug-likeness (QED) is 0.774. The van der Waals surface area contributed by atoms with Crippen molar-refractivity contribution in [2.24, 2.45) is 11.8 Å². The Labute approximate surface area is 124 Å². The maximum Gasteiger partial charge on any atom is 0.317 e. The van der Waals surface area contributed by atoms with Crippen molar-refractivity contribution < 1.29 is 24.2 Å². The molecule has 3 atom stereocenters. The van der Waals surface area contributed by atoms with E-state index in [2.05, 4.69) is 5.32 Å². The number of amides is 2. The zero-order valence-corrected chi connectivity index (χ0v) is 12.4. The van der Waals surface area contributed by atoms with E-state index in [-0.39, 0.29) is 19.2 Å². The van der Waals surface area contributed by atoms with E-state index in [1.54, 1.807) is 4.90 Å². The molecule has 2 aliphatic rings. The van der Waals surface area contributed by atoms with Gasteiger partial charge in [-0.25, -0.2) is 4.79 Å². The number of hydrogen-bond donors (Lipinski definition) is 2. The van der Waals surface area contributed by atoms with Crippen LogP contribution in [0.4, 0.5) is 4.79 Å². The van der Waals surface area contributed by atoms with Crippen molar-refractivity contribution in [3.63, 3.8) is 0 Å². The van der Waals surface area contributed by atoms with Gasteiger partial charge in [-0.15, -0.1) is 0 Å². The van der Waals surface area contributed by atoms with Crippen molar-refractivity contribution in [2.45, 2.75) is 25.8 Å². The number of urea groups is 1. The number of nitrogens with one attached hydrogen (secondary N) is 1.